The normalized spacial score (nSPS) is 12.8. The average Bonchev–Trinajstić information content (AvgIpc) is 2.48. The molecule has 1 atom stereocenters. The summed E-state index contributed by atoms with van der Waals surface area (Å²) in [5, 5.41) is 4.41. The Kier molecular flexibility index (Phi) is 4.74. The molecule has 0 aliphatic carbocycles. The molecule has 3 nitrogen and oxygen atoms in total. The summed E-state index contributed by atoms with van der Waals surface area (Å²) in [6, 6.07) is 0.275. The van der Waals surface area contributed by atoms with Crippen LogP contribution in [0.5, 0.6) is 0 Å². The molecule has 0 saturated heterocycles. The lowest BCUT2D eigenvalue weighted by atomic mass is 10.0. The van der Waals surface area contributed by atoms with Gasteiger partial charge in [-0.15, -0.1) is 6.58 Å². The Balaban J connectivity index is 2.51. The zero-order valence-corrected chi connectivity index (χ0v) is 10.7. The van der Waals surface area contributed by atoms with E-state index in [-0.39, 0.29) is 6.04 Å². The monoisotopic (exact) mass is 221 g/mol. The van der Waals surface area contributed by atoms with Crippen LogP contribution in [0, 0.1) is 13.8 Å². The Morgan fingerprint density at radius 3 is 2.62 bits per heavy atom. The number of allylic oxidation sites excluding steroid dienone is 1. The molecule has 0 spiro atoms. The van der Waals surface area contributed by atoms with Crippen LogP contribution in [0.1, 0.15) is 36.2 Å². The highest BCUT2D eigenvalue weighted by molar-refractivity contribution is 5.24. The smallest absolute Gasteiger partial charge is 0.0628 e. The fourth-order valence-electron chi connectivity index (χ4n) is 1.99. The van der Waals surface area contributed by atoms with Crippen molar-refractivity contribution in [3.05, 3.63) is 29.6 Å². The molecule has 3 heteroatoms. The van der Waals surface area contributed by atoms with E-state index in [0.717, 1.165) is 31.4 Å². The number of nitrogens with two attached hydrogens (primary N) is 1. The predicted molar refractivity (Wildman–Crippen MR) is 68.4 cm³/mol. The van der Waals surface area contributed by atoms with Gasteiger partial charge in [-0.3, -0.25) is 4.68 Å². The van der Waals surface area contributed by atoms with Crippen LogP contribution in [0.2, 0.25) is 0 Å². The third-order valence-corrected chi connectivity index (χ3v) is 3.17. The lowest BCUT2D eigenvalue weighted by molar-refractivity contribution is 0.572. The minimum absolute atomic E-state index is 0.275. The minimum atomic E-state index is 0.275. The van der Waals surface area contributed by atoms with Gasteiger partial charge in [-0.1, -0.05) is 6.08 Å². The van der Waals surface area contributed by atoms with Gasteiger partial charge in [0.2, 0.25) is 0 Å². The van der Waals surface area contributed by atoms with E-state index in [4.69, 9.17) is 5.73 Å². The first kappa shape index (κ1) is 13.0. The van der Waals surface area contributed by atoms with Crippen molar-refractivity contribution in [1.29, 1.82) is 0 Å². The number of aromatic nitrogens is 2. The molecule has 90 valence electrons. The third-order valence-electron chi connectivity index (χ3n) is 3.17. The number of aryl methyl sites for hydroxylation is 2. The molecule has 0 aliphatic heterocycles. The fourth-order valence-corrected chi connectivity index (χ4v) is 1.99. The van der Waals surface area contributed by atoms with Crippen LogP contribution >= 0.6 is 0 Å². The Labute approximate surface area is 98.3 Å². The van der Waals surface area contributed by atoms with Gasteiger partial charge in [0, 0.05) is 18.8 Å². The first-order chi connectivity index (χ1) is 7.56. The van der Waals surface area contributed by atoms with Gasteiger partial charge in [0.15, 0.2) is 0 Å². The summed E-state index contributed by atoms with van der Waals surface area (Å²) < 4.78 is 1.94. The Morgan fingerprint density at radius 2 is 2.12 bits per heavy atom. The SMILES string of the molecule is C=CCCC(N)CCc1c(C)nn(C)c1C. The van der Waals surface area contributed by atoms with Gasteiger partial charge in [-0.2, -0.15) is 5.10 Å². The third kappa shape index (κ3) is 3.20. The van der Waals surface area contributed by atoms with E-state index in [1.807, 2.05) is 17.8 Å². The maximum Gasteiger partial charge on any atom is 0.0628 e. The topological polar surface area (TPSA) is 43.8 Å². The summed E-state index contributed by atoms with van der Waals surface area (Å²) in [4.78, 5) is 0. The molecule has 0 bridgehead atoms. The summed E-state index contributed by atoms with van der Waals surface area (Å²) in [6.45, 7) is 7.90. The molecule has 0 radical (unpaired) electrons. The summed E-state index contributed by atoms with van der Waals surface area (Å²) in [6.07, 6.45) is 6.03. The van der Waals surface area contributed by atoms with Gasteiger partial charge in [0.1, 0.15) is 0 Å². The second-order valence-electron chi connectivity index (χ2n) is 4.44. The maximum atomic E-state index is 6.04. The second kappa shape index (κ2) is 5.85. The largest absolute Gasteiger partial charge is 0.328 e. The van der Waals surface area contributed by atoms with Crippen molar-refractivity contribution in [2.45, 2.75) is 45.6 Å². The van der Waals surface area contributed by atoms with Gasteiger partial charge >= 0.3 is 0 Å². The molecule has 0 saturated carbocycles. The van der Waals surface area contributed by atoms with Crippen LogP contribution in [-0.2, 0) is 13.5 Å². The molecular weight excluding hydrogens is 198 g/mol. The van der Waals surface area contributed by atoms with E-state index >= 15 is 0 Å². The van der Waals surface area contributed by atoms with E-state index in [1.165, 1.54) is 11.3 Å². The van der Waals surface area contributed by atoms with E-state index in [0.29, 0.717) is 0 Å². The van der Waals surface area contributed by atoms with Crippen molar-refractivity contribution in [1.82, 2.24) is 9.78 Å². The number of nitrogens with zero attached hydrogens (tertiary/aromatic N) is 2. The highest BCUT2D eigenvalue weighted by atomic mass is 15.3. The number of hydrogen-bond donors (Lipinski definition) is 1. The maximum absolute atomic E-state index is 6.04. The van der Waals surface area contributed by atoms with Gasteiger partial charge in [-0.25, -0.2) is 0 Å². The molecule has 16 heavy (non-hydrogen) atoms. The quantitative estimate of drug-likeness (QED) is 0.749. The lowest BCUT2D eigenvalue weighted by Gasteiger charge is -2.10. The zero-order valence-electron chi connectivity index (χ0n) is 10.7. The number of rotatable bonds is 6. The lowest BCUT2D eigenvalue weighted by Crippen LogP contribution is -2.20. The van der Waals surface area contributed by atoms with Crippen LogP contribution in [0.25, 0.3) is 0 Å². The average molecular weight is 221 g/mol. The van der Waals surface area contributed by atoms with Gasteiger partial charge in [0.05, 0.1) is 5.69 Å². The van der Waals surface area contributed by atoms with Gasteiger partial charge in [-0.05, 0) is 45.1 Å². The molecule has 0 fully saturated rings. The molecule has 1 unspecified atom stereocenters. The number of hydrogen-bond acceptors (Lipinski definition) is 2. The molecule has 0 aliphatic rings. The molecule has 1 rings (SSSR count). The summed E-state index contributed by atoms with van der Waals surface area (Å²) in [5.74, 6) is 0. The molecule has 1 heterocycles. The van der Waals surface area contributed by atoms with Crippen molar-refractivity contribution < 1.29 is 0 Å². The van der Waals surface area contributed by atoms with Crippen molar-refractivity contribution in [2.75, 3.05) is 0 Å². The molecule has 1 aromatic rings. The summed E-state index contributed by atoms with van der Waals surface area (Å²) in [5.41, 5.74) is 9.79. The zero-order chi connectivity index (χ0) is 12.1. The highest BCUT2D eigenvalue weighted by Crippen LogP contribution is 2.15. The Hall–Kier alpha value is -1.09. The summed E-state index contributed by atoms with van der Waals surface area (Å²) in [7, 11) is 1.99. The van der Waals surface area contributed by atoms with E-state index in [2.05, 4.69) is 25.5 Å². The van der Waals surface area contributed by atoms with Crippen LogP contribution in [0.4, 0.5) is 0 Å². The van der Waals surface area contributed by atoms with E-state index in [9.17, 15) is 0 Å². The molecule has 1 aromatic heterocycles. The molecular formula is C13H23N3. The minimum Gasteiger partial charge on any atom is -0.328 e. The van der Waals surface area contributed by atoms with E-state index < -0.39 is 0 Å². The molecule has 2 N–H and O–H groups in total. The standard InChI is InChI=1S/C13H23N3/c1-5-6-7-12(14)8-9-13-10(2)15-16(4)11(13)3/h5,12H,1,6-9,14H2,2-4H3. The Bertz CT molecular complexity index is 352. The molecule has 0 amide bonds. The predicted octanol–water partition coefficient (Wildman–Crippen LogP) is 2.26. The second-order valence-corrected chi connectivity index (χ2v) is 4.44. The van der Waals surface area contributed by atoms with E-state index in [1.54, 1.807) is 0 Å². The van der Waals surface area contributed by atoms with Gasteiger partial charge < -0.3 is 5.73 Å². The van der Waals surface area contributed by atoms with Crippen LogP contribution in [0.3, 0.4) is 0 Å². The fraction of sp³-hybridized carbons (Fsp3) is 0.615. The van der Waals surface area contributed by atoms with Crippen LogP contribution in [-0.4, -0.2) is 15.8 Å². The molecule has 0 aromatic carbocycles. The van der Waals surface area contributed by atoms with Crippen molar-refractivity contribution in [3.63, 3.8) is 0 Å². The van der Waals surface area contributed by atoms with Crippen LogP contribution in [0.15, 0.2) is 12.7 Å². The first-order valence-corrected chi connectivity index (χ1v) is 5.91. The highest BCUT2D eigenvalue weighted by Gasteiger charge is 2.10. The summed E-state index contributed by atoms with van der Waals surface area (Å²) >= 11 is 0. The van der Waals surface area contributed by atoms with Crippen molar-refractivity contribution in [2.24, 2.45) is 12.8 Å². The van der Waals surface area contributed by atoms with Gasteiger partial charge in [0.25, 0.3) is 0 Å². The van der Waals surface area contributed by atoms with Crippen molar-refractivity contribution >= 4 is 0 Å². The first-order valence-electron chi connectivity index (χ1n) is 5.91. The van der Waals surface area contributed by atoms with Crippen LogP contribution < -0.4 is 5.73 Å². The Morgan fingerprint density at radius 1 is 1.44 bits per heavy atom. The van der Waals surface area contributed by atoms with Crippen molar-refractivity contribution in [3.8, 4) is 0 Å².